The van der Waals surface area contributed by atoms with Crippen LogP contribution in [0.15, 0.2) is 30.5 Å². The Balaban J connectivity index is 2.40. The molecule has 5 nitrogen and oxygen atoms in total. The second-order valence-electron chi connectivity index (χ2n) is 5.35. The Morgan fingerprint density at radius 1 is 1.43 bits per heavy atom. The molecule has 0 fully saturated rings. The molecule has 1 N–H and O–H groups in total. The van der Waals surface area contributed by atoms with Crippen molar-refractivity contribution in [3.63, 3.8) is 0 Å². The van der Waals surface area contributed by atoms with Gasteiger partial charge in [-0.2, -0.15) is 0 Å². The molecule has 2 rings (SSSR count). The predicted molar refractivity (Wildman–Crippen MR) is 83.2 cm³/mol. The molecule has 2 aromatic rings. The number of carbonyl (C=O) groups is 1. The van der Waals surface area contributed by atoms with Gasteiger partial charge in [0.15, 0.2) is 5.82 Å². The van der Waals surface area contributed by atoms with Crippen molar-refractivity contribution in [3.8, 4) is 17.0 Å². The molecule has 23 heavy (non-hydrogen) atoms. The minimum Gasteiger partial charge on any atom is -0.504 e. The number of hydrogen-bond donors (Lipinski definition) is 1. The normalized spacial score (nSPS) is 10.4. The first-order valence-corrected chi connectivity index (χ1v) is 6.96. The number of pyridine rings is 1. The monoisotopic (exact) mass is 314 g/mol. The summed E-state index contributed by atoms with van der Waals surface area (Å²) in [6.45, 7) is 11.7. The molecule has 0 amide bonds. The average molecular weight is 314 g/mol. The van der Waals surface area contributed by atoms with Gasteiger partial charge in [0.2, 0.25) is 5.69 Å². The topological polar surface area (TPSA) is 63.8 Å². The van der Waals surface area contributed by atoms with Crippen LogP contribution in [0.5, 0.6) is 5.75 Å². The summed E-state index contributed by atoms with van der Waals surface area (Å²) >= 11 is 0. The summed E-state index contributed by atoms with van der Waals surface area (Å²) in [6, 6.07) is 6.00. The lowest BCUT2D eigenvalue weighted by atomic mass is 10.1. The van der Waals surface area contributed by atoms with Crippen molar-refractivity contribution >= 4 is 11.7 Å². The molecule has 0 radical (unpaired) electrons. The van der Waals surface area contributed by atoms with E-state index in [2.05, 4.69) is 9.83 Å². The maximum absolute atomic E-state index is 13.4. The highest BCUT2D eigenvalue weighted by Crippen LogP contribution is 2.33. The summed E-state index contributed by atoms with van der Waals surface area (Å²) in [5.74, 6) is -1.49. The number of hydrogen-bond acceptors (Lipinski definition) is 3. The number of halogens is 1. The van der Waals surface area contributed by atoms with Gasteiger partial charge in [-0.3, -0.25) is 4.98 Å². The smallest absolute Gasteiger partial charge is 0.338 e. The number of aromatic nitrogens is 1. The molecule has 6 heteroatoms. The maximum Gasteiger partial charge on any atom is 0.338 e. The second kappa shape index (κ2) is 6.88. The minimum absolute atomic E-state index is 0.282. The largest absolute Gasteiger partial charge is 0.504 e. The number of benzene rings is 1. The zero-order chi connectivity index (χ0) is 17.0. The van der Waals surface area contributed by atoms with Crippen LogP contribution < -0.4 is 4.74 Å². The van der Waals surface area contributed by atoms with Crippen LogP contribution in [0.2, 0.25) is 0 Å². The number of nitrogens with zero attached hydrogens (tertiary/aromatic N) is 2. The van der Waals surface area contributed by atoms with Gasteiger partial charge >= 0.3 is 5.97 Å². The van der Waals surface area contributed by atoms with Crippen LogP contribution in [0.25, 0.3) is 16.1 Å². The molecule has 0 spiro atoms. The lowest BCUT2D eigenvalue weighted by molar-refractivity contribution is 0.0691. The van der Waals surface area contributed by atoms with E-state index in [1.165, 1.54) is 0 Å². The Morgan fingerprint density at radius 3 is 2.78 bits per heavy atom. The number of rotatable bonds is 5. The van der Waals surface area contributed by atoms with E-state index < -0.39 is 17.3 Å². The maximum atomic E-state index is 13.4. The summed E-state index contributed by atoms with van der Waals surface area (Å²) in [6.07, 6.45) is 0.861. The molecule has 118 valence electrons. The molecule has 0 aliphatic carbocycles. The zero-order valence-corrected chi connectivity index (χ0v) is 12.7. The molecular weight excluding hydrogens is 299 g/mol. The number of carboxylic acids is 1. The highest BCUT2D eigenvalue weighted by atomic mass is 19.1. The van der Waals surface area contributed by atoms with Crippen LogP contribution >= 0.6 is 0 Å². The third-order valence-corrected chi connectivity index (χ3v) is 3.03. The molecule has 0 aliphatic rings. The predicted octanol–water partition coefficient (Wildman–Crippen LogP) is 4.17. The summed E-state index contributed by atoms with van der Waals surface area (Å²) in [5.41, 5.74) is 0.644. The summed E-state index contributed by atoms with van der Waals surface area (Å²) in [4.78, 5) is 18.3. The van der Waals surface area contributed by atoms with Crippen molar-refractivity contribution in [1.82, 2.24) is 4.98 Å². The fourth-order valence-corrected chi connectivity index (χ4v) is 1.90. The fraction of sp³-hybridized carbons (Fsp3) is 0.235. The Labute approximate surface area is 133 Å². The standard InChI is InChI=1S/C17H15FN2O3/c1-10(2)9-23-16-5-4-11(6-15(16)19-3)14-7-12(17(21)22)13(18)8-20-14/h4-8,10H,9H2,1-2H3,(H,21,22). The molecule has 0 atom stereocenters. The van der Waals surface area contributed by atoms with Crippen molar-refractivity contribution in [3.05, 3.63) is 53.3 Å². The molecule has 1 heterocycles. The van der Waals surface area contributed by atoms with E-state index >= 15 is 0 Å². The molecule has 1 aromatic carbocycles. The van der Waals surface area contributed by atoms with Crippen LogP contribution in [0.1, 0.15) is 24.2 Å². The SMILES string of the molecule is [C-]#[N+]c1cc(-c2cc(C(=O)O)c(F)cn2)ccc1OCC(C)C. The van der Waals surface area contributed by atoms with Gasteiger partial charge < -0.3 is 9.84 Å². The van der Waals surface area contributed by atoms with Crippen molar-refractivity contribution in [2.24, 2.45) is 5.92 Å². The lowest BCUT2D eigenvalue weighted by Gasteiger charge is -2.11. The first-order chi connectivity index (χ1) is 10.9. The summed E-state index contributed by atoms with van der Waals surface area (Å²) in [7, 11) is 0. The molecule has 0 aliphatic heterocycles. The van der Waals surface area contributed by atoms with Gasteiger partial charge in [-0.25, -0.2) is 14.0 Å². The minimum atomic E-state index is -1.37. The van der Waals surface area contributed by atoms with Crippen LogP contribution in [0.4, 0.5) is 10.1 Å². The van der Waals surface area contributed by atoms with E-state index in [1.54, 1.807) is 18.2 Å². The van der Waals surface area contributed by atoms with Gasteiger partial charge in [0.05, 0.1) is 30.6 Å². The van der Waals surface area contributed by atoms with Gasteiger partial charge in [-0.1, -0.05) is 19.9 Å². The van der Waals surface area contributed by atoms with Crippen LogP contribution in [-0.2, 0) is 0 Å². The Bertz CT molecular complexity index is 782. The van der Waals surface area contributed by atoms with Gasteiger partial charge in [0.25, 0.3) is 0 Å². The van der Waals surface area contributed by atoms with Crippen LogP contribution in [0.3, 0.4) is 0 Å². The highest BCUT2D eigenvalue weighted by Gasteiger charge is 2.14. The third-order valence-electron chi connectivity index (χ3n) is 3.03. The van der Waals surface area contributed by atoms with E-state index in [0.717, 1.165) is 12.3 Å². The Kier molecular flexibility index (Phi) is 4.91. The van der Waals surface area contributed by atoms with Crippen molar-refractivity contribution < 1.29 is 19.0 Å². The summed E-state index contributed by atoms with van der Waals surface area (Å²) in [5, 5.41) is 8.97. The fourth-order valence-electron chi connectivity index (χ4n) is 1.90. The van der Waals surface area contributed by atoms with E-state index in [9.17, 15) is 9.18 Å². The van der Waals surface area contributed by atoms with E-state index in [1.807, 2.05) is 13.8 Å². The molecule has 0 bridgehead atoms. The van der Waals surface area contributed by atoms with Crippen molar-refractivity contribution in [2.75, 3.05) is 6.61 Å². The van der Waals surface area contributed by atoms with E-state index in [-0.39, 0.29) is 5.69 Å². The molecule has 0 saturated heterocycles. The molecule has 0 unspecified atom stereocenters. The summed E-state index contributed by atoms with van der Waals surface area (Å²) < 4.78 is 19.0. The van der Waals surface area contributed by atoms with Gasteiger partial charge in [-0.05, 0) is 29.7 Å². The molecular formula is C17H15FN2O3. The van der Waals surface area contributed by atoms with Gasteiger partial charge in [0.1, 0.15) is 5.75 Å². The number of ether oxygens (including phenoxy) is 1. The number of aromatic carboxylic acids is 1. The highest BCUT2D eigenvalue weighted by molar-refractivity contribution is 5.89. The van der Waals surface area contributed by atoms with E-state index in [0.29, 0.717) is 29.5 Å². The second-order valence-corrected chi connectivity index (χ2v) is 5.35. The average Bonchev–Trinajstić information content (AvgIpc) is 2.52. The first-order valence-electron chi connectivity index (χ1n) is 6.96. The molecule has 1 aromatic heterocycles. The van der Waals surface area contributed by atoms with E-state index in [4.69, 9.17) is 16.4 Å². The van der Waals surface area contributed by atoms with Crippen LogP contribution in [-0.4, -0.2) is 22.7 Å². The Morgan fingerprint density at radius 2 is 2.17 bits per heavy atom. The van der Waals surface area contributed by atoms with Crippen LogP contribution in [0, 0.1) is 18.3 Å². The van der Waals surface area contributed by atoms with Crippen molar-refractivity contribution in [2.45, 2.75) is 13.8 Å². The van der Waals surface area contributed by atoms with Crippen molar-refractivity contribution in [1.29, 1.82) is 0 Å². The Hall–Kier alpha value is -2.94. The zero-order valence-electron chi connectivity index (χ0n) is 12.7. The quantitative estimate of drug-likeness (QED) is 0.841. The molecule has 0 saturated carbocycles. The third kappa shape index (κ3) is 3.83. The number of carboxylic acid groups (broad SMARTS) is 1. The van der Waals surface area contributed by atoms with Gasteiger partial charge in [0, 0.05) is 0 Å². The first kappa shape index (κ1) is 16.4. The lowest BCUT2D eigenvalue weighted by Crippen LogP contribution is -2.04. The van der Waals surface area contributed by atoms with Gasteiger partial charge in [-0.15, -0.1) is 0 Å².